The van der Waals surface area contributed by atoms with Crippen molar-refractivity contribution in [2.24, 2.45) is 0 Å². The predicted octanol–water partition coefficient (Wildman–Crippen LogP) is 4.73. The van der Waals surface area contributed by atoms with Crippen LogP contribution in [0.4, 0.5) is 10.1 Å². The lowest BCUT2D eigenvalue weighted by molar-refractivity contribution is 0.462. The average molecular weight is 349 g/mol. The van der Waals surface area contributed by atoms with E-state index in [1.807, 2.05) is 13.0 Å². The lowest BCUT2D eigenvalue weighted by Crippen LogP contribution is -2.11. The number of hydrogen-bond donors (Lipinski definition) is 2. The summed E-state index contributed by atoms with van der Waals surface area (Å²) in [6, 6.07) is 11.1. The third kappa shape index (κ3) is 3.53. The normalized spacial score (nSPS) is 11.7. The molecule has 0 aromatic heterocycles. The van der Waals surface area contributed by atoms with Crippen LogP contribution in [0.2, 0.25) is 0 Å². The van der Waals surface area contributed by atoms with Gasteiger partial charge >= 0.3 is 0 Å². The first-order valence-corrected chi connectivity index (χ1v) is 7.29. The minimum absolute atomic E-state index is 0.159. The number of nitriles is 1. The van der Waals surface area contributed by atoms with E-state index < -0.39 is 5.82 Å². The first kappa shape index (κ1) is 15.3. The highest BCUT2D eigenvalue weighted by atomic mass is 79.9. The predicted molar refractivity (Wildman–Crippen MR) is 83.6 cm³/mol. The molecule has 0 saturated carbocycles. The molecule has 0 radical (unpaired) electrons. The van der Waals surface area contributed by atoms with Crippen molar-refractivity contribution in [1.29, 1.82) is 5.26 Å². The third-order valence-electron chi connectivity index (χ3n) is 3.20. The van der Waals surface area contributed by atoms with E-state index in [1.165, 1.54) is 12.1 Å². The van der Waals surface area contributed by atoms with Gasteiger partial charge in [0.2, 0.25) is 0 Å². The highest BCUT2D eigenvalue weighted by molar-refractivity contribution is 9.10. The maximum absolute atomic E-state index is 13.9. The van der Waals surface area contributed by atoms with E-state index in [1.54, 1.807) is 24.3 Å². The molecule has 2 aromatic rings. The molecule has 21 heavy (non-hydrogen) atoms. The number of nitrogens with one attached hydrogen (secondary N) is 1. The summed E-state index contributed by atoms with van der Waals surface area (Å²) in [5, 5.41) is 21.8. The second-order valence-corrected chi connectivity index (χ2v) is 5.53. The van der Waals surface area contributed by atoms with Crippen LogP contribution in [0, 0.1) is 17.1 Å². The van der Waals surface area contributed by atoms with E-state index in [0.717, 1.165) is 4.47 Å². The van der Waals surface area contributed by atoms with Gasteiger partial charge in [0.15, 0.2) is 0 Å². The highest BCUT2D eigenvalue weighted by Gasteiger charge is 2.16. The zero-order valence-electron chi connectivity index (χ0n) is 11.4. The number of rotatable bonds is 4. The minimum Gasteiger partial charge on any atom is -0.508 e. The quantitative estimate of drug-likeness (QED) is 0.839. The lowest BCUT2D eigenvalue weighted by Gasteiger charge is -2.20. The lowest BCUT2D eigenvalue weighted by atomic mass is 10.0. The molecule has 2 N–H and O–H groups in total. The van der Waals surface area contributed by atoms with Gasteiger partial charge in [-0.05, 0) is 42.8 Å². The van der Waals surface area contributed by atoms with E-state index in [-0.39, 0.29) is 17.4 Å². The van der Waals surface area contributed by atoms with Crippen LogP contribution < -0.4 is 5.32 Å². The molecule has 5 heteroatoms. The Balaban J connectivity index is 2.31. The second kappa shape index (κ2) is 6.59. The highest BCUT2D eigenvalue weighted by Crippen LogP contribution is 2.32. The van der Waals surface area contributed by atoms with Crippen molar-refractivity contribution in [1.82, 2.24) is 0 Å². The van der Waals surface area contributed by atoms with E-state index in [2.05, 4.69) is 21.2 Å². The molecule has 0 aliphatic rings. The van der Waals surface area contributed by atoms with Gasteiger partial charge in [-0.15, -0.1) is 0 Å². The third-order valence-corrected chi connectivity index (χ3v) is 3.69. The maximum atomic E-state index is 13.9. The van der Waals surface area contributed by atoms with Crippen LogP contribution in [0.15, 0.2) is 40.9 Å². The van der Waals surface area contributed by atoms with E-state index >= 15 is 0 Å². The van der Waals surface area contributed by atoms with Crippen molar-refractivity contribution < 1.29 is 9.50 Å². The molecule has 3 nitrogen and oxygen atoms in total. The monoisotopic (exact) mass is 348 g/mol. The Morgan fingerprint density at radius 1 is 1.33 bits per heavy atom. The summed E-state index contributed by atoms with van der Waals surface area (Å²) in [6.45, 7) is 1.94. The maximum Gasteiger partial charge on any atom is 0.147 e. The second-order valence-electron chi connectivity index (χ2n) is 4.61. The molecule has 0 amide bonds. The van der Waals surface area contributed by atoms with Crippen LogP contribution in [-0.4, -0.2) is 5.11 Å². The summed E-state index contributed by atoms with van der Waals surface area (Å²) in [5.41, 5.74) is 1.27. The van der Waals surface area contributed by atoms with Gasteiger partial charge in [-0.25, -0.2) is 4.39 Å². The first-order chi connectivity index (χ1) is 10.0. The molecule has 0 aliphatic heterocycles. The van der Waals surface area contributed by atoms with Crippen molar-refractivity contribution in [3.8, 4) is 11.8 Å². The number of phenolic OH excluding ortho intramolecular Hbond substituents is 1. The van der Waals surface area contributed by atoms with Gasteiger partial charge < -0.3 is 10.4 Å². The van der Waals surface area contributed by atoms with Gasteiger partial charge in [-0.3, -0.25) is 0 Å². The first-order valence-electron chi connectivity index (χ1n) is 6.49. The molecule has 0 fully saturated rings. The van der Waals surface area contributed by atoms with Crippen molar-refractivity contribution in [3.63, 3.8) is 0 Å². The van der Waals surface area contributed by atoms with Crippen LogP contribution in [-0.2, 0) is 0 Å². The van der Waals surface area contributed by atoms with Crippen molar-refractivity contribution in [2.75, 3.05) is 5.32 Å². The molecular weight excluding hydrogens is 335 g/mol. The SMILES string of the molecule is CCC(Nc1ccc(C#N)cc1F)c1cc(Br)ccc1O. The average Bonchev–Trinajstić information content (AvgIpc) is 2.48. The minimum atomic E-state index is -0.484. The van der Waals surface area contributed by atoms with Gasteiger partial charge in [0.25, 0.3) is 0 Å². The fraction of sp³-hybridized carbons (Fsp3) is 0.188. The molecular formula is C16H14BrFN2O. The Morgan fingerprint density at radius 2 is 2.10 bits per heavy atom. The van der Waals surface area contributed by atoms with Gasteiger partial charge in [0.05, 0.1) is 23.4 Å². The summed E-state index contributed by atoms with van der Waals surface area (Å²) in [5.74, 6) is -0.325. The molecule has 108 valence electrons. The number of anilines is 1. The molecule has 0 bridgehead atoms. The van der Waals surface area contributed by atoms with Gasteiger partial charge in [0.1, 0.15) is 11.6 Å². The Bertz CT molecular complexity index is 697. The molecule has 0 spiro atoms. The van der Waals surface area contributed by atoms with Gasteiger partial charge in [-0.1, -0.05) is 22.9 Å². The molecule has 0 saturated heterocycles. The smallest absolute Gasteiger partial charge is 0.147 e. The molecule has 1 unspecified atom stereocenters. The van der Waals surface area contributed by atoms with Crippen LogP contribution in [0.3, 0.4) is 0 Å². The Morgan fingerprint density at radius 3 is 2.71 bits per heavy atom. The van der Waals surface area contributed by atoms with Crippen LogP contribution in [0.5, 0.6) is 5.75 Å². The van der Waals surface area contributed by atoms with Gasteiger partial charge in [0, 0.05) is 10.0 Å². The summed E-state index contributed by atoms with van der Waals surface area (Å²) in [4.78, 5) is 0. The van der Waals surface area contributed by atoms with E-state index in [4.69, 9.17) is 5.26 Å². The number of nitrogens with zero attached hydrogens (tertiary/aromatic N) is 1. The summed E-state index contributed by atoms with van der Waals surface area (Å²) in [7, 11) is 0. The summed E-state index contributed by atoms with van der Waals surface area (Å²) < 4.78 is 14.8. The number of phenols is 1. The van der Waals surface area contributed by atoms with Gasteiger partial charge in [-0.2, -0.15) is 5.26 Å². The zero-order valence-corrected chi connectivity index (χ0v) is 13.0. The molecule has 2 rings (SSSR count). The summed E-state index contributed by atoms with van der Waals surface area (Å²) in [6.07, 6.45) is 0.670. The topological polar surface area (TPSA) is 56.0 Å². The molecule has 0 aliphatic carbocycles. The molecule has 0 heterocycles. The van der Waals surface area contributed by atoms with E-state index in [9.17, 15) is 9.50 Å². The van der Waals surface area contributed by atoms with E-state index in [0.29, 0.717) is 17.7 Å². The Hall–Kier alpha value is -2.06. The Labute approximate surface area is 131 Å². The molecule has 2 aromatic carbocycles. The van der Waals surface area contributed by atoms with Crippen molar-refractivity contribution in [2.45, 2.75) is 19.4 Å². The standard InChI is InChI=1S/C16H14BrFN2O/c1-2-14(12-8-11(17)4-6-16(12)21)20-15-5-3-10(9-19)7-13(15)18/h3-8,14,20-21H,2H2,1H3. The number of benzene rings is 2. The largest absolute Gasteiger partial charge is 0.508 e. The van der Waals surface area contributed by atoms with Crippen LogP contribution in [0.1, 0.15) is 30.5 Å². The molecule has 1 atom stereocenters. The number of halogens is 2. The fourth-order valence-corrected chi connectivity index (χ4v) is 2.47. The Kier molecular flexibility index (Phi) is 4.81. The van der Waals surface area contributed by atoms with Crippen LogP contribution in [0.25, 0.3) is 0 Å². The summed E-state index contributed by atoms with van der Waals surface area (Å²) >= 11 is 3.36. The van der Waals surface area contributed by atoms with Crippen molar-refractivity contribution >= 4 is 21.6 Å². The van der Waals surface area contributed by atoms with Crippen LogP contribution >= 0.6 is 15.9 Å². The zero-order chi connectivity index (χ0) is 15.4. The fourth-order valence-electron chi connectivity index (χ4n) is 2.09. The number of hydrogen-bond acceptors (Lipinski definition) is 3. The van der Waals surface area contributed by atoms with Crippen molar-refractivity contribution in [3.05, 3.63) is 57.8 Å². The number of aromatic hydroxyl groups is 1.